The van der Waals surface area contributed by atoms with Crippen LogP contribution in [0.1, 0.15) is 53.4 Å². The molecule has 0 fully saturated rings. The second kappa shape index (κ2) is 10.6. The molecule has 0 aliphatic heterocycles. The van der Waals surface area contributed by atoms with Gasteiger partial charge in [0.25, 0.3) is 10.1 Å². The fourth-order valence-electron chi connectivity index (χ4n) is 2.42. The zero-order valence-corrected chi connectivity index (χ0v) is 16.2. The summed E-state index contributed by atoms with van der Waals surface area (Å²) in [6.45, 7) is 7.18. The lowest BCUT2D eigenvalue weighted by atomic mass is 9.73. The maximum atomic E-state index is 11.7. The Morgan fingerprint density at radius 3 is 1.46 bits per heavy atom. The van der Waals surface area contributed by atoms with Gasteiger partial charge in [-0.25, -0.2) is 0 Å². The van der Waals surface area contributed by atoms with E-state index in [0.717, 1.165) is 0 Å². The summed E-state index contributed by atoms with van der Waals surface area (Å²) in [6, 6.07) is 0. The Bertz CT molecular complexity index is 491. The lowest BCUT2D eigenvalue weighted by molar-refractivity contribution is -0.329. The number of quaternary nitrogens is 2. The molecule has 0 amide bonds. The van der Waals surface area contributed by atoms with Gasteiger partial charge in [0.1, 0.15) is 5.25 Å². The van der Waals surface area contributed by atoms with E-state index in [4.69, 9.17) is 0 Å². The minimum atomic E-state index is -5.15. The molecule has 0 saturated heterocycles. The Balaban J connectivity index is -0.00000220. The van der Waals surface area contributed by atoms with Crippen molar-refractivity contribution in [2.45, 2.75) is 58.6 Å². The predicted molar refractivity (Wildman–Crippen MR) is 87.9 cm³/mol. The molecule has 1 unspecified atom stereocenters. The number of rotatable bonds is 10. The van der Waals surface area contributed by atoms with Gasteiger partial charge in [-0.05, 0) is 24.7 Å². The Labute approximate surface area is 143 Å². The van der Waals surface area contributed by atoms with Crippen molar-refractivity contribution in [2.24, 2.45) is 17.3 Å². The van der Waals surface area contributed by atoms with Crippen molar-refractivity contribution >= 4 is 22.1 Å². The first-order chi connectivity index (χ1) is 9.84. The molecule has 0 heterocycles. The van der Waals surface area contributed by atoms with E-state index in [1.54, 1.807) is 27.7 Å². The molecule has 24 heavy (non-hydrogen) atoms. The summed E-state index contributed by atoms with van der Waals surface area (Å²) in [5.41, 5.74) is -2.21. The molecule has 0 aromatic heterocycles. The highest BCUT2D eigenvalue weighted by Gasteiger charge is 2.47. The lowest BCUT2D eigenvalue weighted by Crippen LogP contribution is -2.59. The van der Waals surface area contributed by atoms with Crippen LogP contribution >= 0.6 is 0 Å². The molecule has 0 aliphatic rings. The number of hydrogen-bond acceptors (Lipinski definition) is 6. The molecule has 9 nitrogen and oxygen atoms in total. The predicted octanol–water partition coefficient (Wildman–Crippen LogP) is 0.354. The van der Waals surface area contributed by atoms with E-state index in [9.17, 15) is 32.8 Å². The Kier molecular flexibility index (Phi) is 12.2. The summed E-state index contributed by atoms with van der Waals surface area (Å²) >= 11 is 0. The number of hydrogen-bond donors (Lipinski definition) is 3. The normalized spacial score (nSPS) is 13.1. The quantitative estimate of drug-likeness (QED) is 0.458. The standard InChI is InChI=1S/C14H26O7S.2H3N/c1-9(2)5-7-14(13(17)18,8-6-10(3)4)11(12(15)16)22(19,20)21;;/h9-11H,5-8H2,1-4H3,(H,15,16)(H,17,18)(H,19,20,21);2*1H3. The monoisotopic (exact) mass is 372 g/mol. The minimum absolute atomic E-state index is 0. The smallest absolute Gasteiger partial charge is 0.274 e. The van der Waals surface area contributed by atoms with Crippen molar-refractivity contribution < 1.29 is 32.8 Å². The lowest BCUT2D eigenvalue weighted by Gasteiger charge is -2.41. The molecule has 9 N–H and O–H groups in total. The third-order valence-corrected chi connectivity index (χ3v) is 5.00. The highest BCUT2D eigenvalue weighted by Crippen LogP contribution is 2.39. The third kappa shape index (κ3) is 7.56. The molecule has 10 heteroatoms. The van der Waals surface area contributed by atoms with E-state index in [0.29, 0.717) is 0 Å². The van der Waals surface area contributed by atoms with E-state index in [1.807, 2.05) is 0 Å². The van der Waals surface area contributed by atoms with Crippen LogP contribution in [-0.2, 0) is 19.7 Å². The highest BCUT2D eigenvalue weighted by atomic mass is 32.2. The van der Waals surface area contributed by atoms with E-state index in [2.05, 4.69) is 0 Å². The highest BCUT2D eigenvalue weighted by molar-refractivity contribution is 7.87. The maximum Gasteiger partial charge on any atom is 0.274 e. The Morgan fingerprint density at radius 2 is 1.29 bits per heavy atom. The summed E-state index contributed by atoms with van der Waals surface area (Å²) in [7, 11) is -5.15. The van der Waals surface area contributed by atoms with Crippen LogP contribution in [0.15, 0.2) is 0 Å². The molecule has 0 radical (unpaired) electrons. The van der Waals surface area contributed by atoms with Crippen LogP contribution in [-0.4, -0.2) is 30.2 Å². The number of carbonyl (C=O) groups excluding carboxylic acids is 2. The van der Waals surface area contributed by atoms with Gasteiger partial charge in [-0.1, -0.05) is 40.5 Å². The molecule has 0 aliphatic carbocycles. The molecule has 0 aromatic rings. The van der Waals surface area contributed by atoms with Gasteiger partial charge in [0.15, 0.2) is 0 Å². The molecule has 0 bridgehead atoms. The first-order valence-corrected chi connectivity index (χ1v) is 8.73. The van der Waals surface area contributed by atoms with Crippen molar-refractivity contribution in [1.29, 1.82) is 0 Å². The average Bonchev–Trinajstić information content (AvgIpc) is 2.29. The summed E-state index contributed by atoms with van der Waals surface area (Å²) in [5, 5.41) is 20.4. The van der Waals surface area contributed by atoms with Crippen LogP contribution in [0.25, 0.3) is 0 Å². The van der Waals surface area contributed by atoms with Crippen LogP contribution in [0, 0.1) is 17.3 Å². The van der Waals surface area contributed by atoms with Gasteiger partial charge in [0.05, 0.1) is 5.97 Å². The number of carboxylic acid groups (broad SMARTS) is 2. The second-order valence-electron chi connectivity index (χ2n) is 6.52. The topological polar surface area (TPSA) is 208 Å². The van der Waals surface area contributed by atoms with Gasteiger partial charge in [0.2, 0.25) is 0 Å². The van der Waals surface area contributed by atoms with Crippen molar-refractivity contribution in [3.05, 3.63) is 0 Å². The molecular formula is C14H32N2O7S. The first kappa shape index (κ1) is 27.6. The average molecular weight is 372 g/mol. The van der Waals surface area contributed by atoms with Crippen LogP contribution in [0.3, 0.4) is 0 Å². The van der Waals surface area contributed by atoms with Gasteiger partial charge in [-0.15, -0.1) is 0 Å². The van der Waals surface area contributed by atoms with Gasteiger partial charge in [0, 0.05) is 11.4 Å². The van der Waals surface area contributed by atoms with E-state index < -0.39 is 32.7 Å². The zero-order chi connectivity index (χ0) is 17.7. The first-order valence-electron chi connectivity index (χ1n) is 7.23. The third-order valence-electron chi connectivity index (χ3n) is 3.76. The molecule has 0 rings (SSSR count). The van der Waals surface area contributed by atoms with Crippen molar-refractivity contribution in [1.82, 2.24) is 12.3 Å². The zero-order valence-electron chi connectivity index (χ0n) is 15.4. The molecule has 1 atom stereocenters. The SMILES string of the molecule is CC(C)CCC(CCC(C)C)(C(=O)[O-])C(C(=O)[O-])S(=O)(=O)O.[NH4+].[NH4+]. The van der Waals surface area contributed by atoms with E-state index in [1.165, 1.54) is 0 Å². The molecular weight excluding hydrogens is 340 g/mol. The van der Waals surface area contributed by atoms with Crippen molar-refractivity contribution in [2.75, 3.05) is 0 Å². The Hall–Kier alpha value is -1.23. The van der Waals surface area contributed by atoms with Crippen LogP contribution in [0.4, 0.5) is 0 Å². The number of carboxylic acids is 2. The maximum absolute atomic E-state index is 11.7. The summed E-state index contributed by atoms with van der Waals surface area (Å²) in [4.78, 5) is 22.9. The fraction of sp³-hybridized carbons (Fsp3) is 0.857. The Morgan fingerprint density at radius 1 is 0.958 bits per heavy atom. The number of aliphatic carboxylic acids is 2. The molecule has 0 spiro atoms. The summed E-state index contributed by atoms with van der Waals surface area (Å²) in [6.07, 6.45) is 0.118. The van der Waals surface area contributed by atoms with Crippen LogP contribution < -0.4 is 22.5 Å². The van der Waals surface area contributed by atoms with Crippen LogP contribution in [0.2, 0.25) is 0 Å². The minimum Gasteiger partial charge on any atom is -0.549 e. The summed E-state index contributed by atoms with van der Waals surface area (Å²) < 4.78 is 32.1. The second-order valence-corrected chi connectivity index (χ2v) is 8.02. The van der Waals surface area contributed by atoms with Crippen LogP contribution in [0.5, 0.6) is 0 Å². The largest absolute Gasteiger partial charge is 0.549 e. The van der Waals surface area contributed by atoms with E-state index in [-0.39, 0.29) is 49.8 Å². The van der Waals surface area contributed by atoms with Gasteiger partial charge in [-0.3, -0.25) is 4.55 Å². The van der Waals surface area contributed by atoms with E-state index >= 15 is 0 Å². The van der Waals surface area contributed by atoms with Gasteiger partial charge >= 0.3 is 0 Å². The van der Waals surface area contributed by atoms with Crippen molar-refractivity contribution in [3.8, 4) is 0 Å². The van der Waals surface area contributed by atoms with Gasteiger partial charge < -0.3 is 32.1 Å². The molecule has 146 valence electrons. The molecule has 0 aromatic carbocycles. The summed E-state index contributed by atoms with van der Waals surface area (Å²) in [5.74, 6) is -3.86. The van der Waals surface area contributed by atoms with Gasteiger partial charge in [-0.2, -0.15) is 8.42 Å². The van der Waals surface area contributed by atoms with Crippen molar-refractivity contribution in [3.63, 3.8) is 0 Å². The number of carbonyl (C=O) groups is 2. The molecule has 0 saturated carbocycles. The fourth-order valence-corrected chi connectivity index (χ4v) is 3.57.